The van der Waals surface area contributed by atoms with Crippen molar-refractivity contribution in [3.63, 3.8) is 0 Å². The topological polar surface area (TPSA) is 97.0 Å². The second kappa shape index (κ2) is 10.5. The summed E-state index contributed by atoms with van der Waals surface area (Å²) in [6.07, 6.45) is 4.62. The van der Waals surface area contributed by atoms with Gasteiger partial charge in [-0.1, -0.05) is 6.07 Å². The molecule has 1 aliphatic heterocycles. The quantitative estimate of drug-likeness (QED) is 0.651. The van der Waals surface area contributed by atoms with E-state index in [9.17, 15) is 14.4 Å². The molecule has 4 rings (SSSR count). The van der Waals surface area contributed by atoms with Crippen molar-refractivity contribution >= 4 is 34.7 Å². The lowest BCUT2D eigenvalue weighted by Crippen LogP contribution is -2.40. The maximum Gasteiger partial charge on any atom is 0.255 e. The first-order valence-electron chi connectivity index (χ1n) is 11.3. The van der Waals surface area contributed by atoms with Crippen LogP contribution in [-0.4, -0.2) is 50.5 Å². The third kappa shape index (κ3) is 5.82. The van der Waals surface area contributed by atoms with E-state index in [1.54, 1.807) is 36.4 Å². The van der Waals surface area contributed by atoms with Crippen molar-refractivity contribution in [1.82, 2.24) is 0 Å². The van der Waals surface area contributed by atoms with Gasteiger partial charge in [0.05, 0.1) is 18.3 Å². The van der Waals surface area contributed by atoms with Gasteiger partial charge < -0.3 is 25.0 Å². The van der Waals surface area contributed by atoms with Crippen LogP contribution in [0.25, 0.3) is 0 Å². The number of carbonyl (C=O) groups excluding carboxylic acids is 3. The lowest BCUT2D eigenvalue weighted by atomic mass is 9.81. The average Bonchev–Trinajstić information content (AvgIpc) is 2.83. The Kier molecular flexibility index (Phi) is 7.27. The number of allylic oxidation sites excluding steroid dienone is 1. The van der Waals surface area contributed by atoms with Gasteiger partial charge in [0.1, 0.15) is 12.7 Å². The third-order valence-corrected chi connectivity index (χ3v) is 6.09. The Bertz CT molecular complexity index is 1080. The molecule has 1 fully saturated rings. The van der Waals surface area contributed by atoms with Crippen LogP contribution in [0.5, 0.6) is 0 Å². The number of hydrogen-bond acceptors (Lipinski definition) is 6. The maximum absolute atomic E-state index is 12.6. The summed E-state index contributed by atoms with van der Waals surface area (Å²) in [5, 5.41) is 5.65. The van der Waals surface area contributed by atoms with Gasteiger partial charge in [-0.25, -0.2) is 0 Å². The molecule has 0 radical (unpaired) electrons. The molecule has 0 aromatic heterocycles. The smallest absolute Gasteiger partial charge is 0.255 e. The molecule has 8 nitrogen and oxygen atoms in total. The van der Waals surface area contributed by atoms with E-state index >= 15 is 0 Å². The van der Waals surface area contributed by atoms with Gasteiger partial charge in [0.2, 0.25) is 5.91 Å². The Labute approximate surface area is 198 Å². The van der Waals surface area contributed by atoms with Crippen molar-refractivity contribution in [2.24, 2.45) is 5.92 Å². The predicted octanol–water partition coefficient (Wildman–Crippen LogP) is 3.61. The normalized spacial score (nSPS) is 21.2. The molecule has 2 aliphatic rings. The van der Waals surface area contributed by atoms with Gasteiger partial charge in [0, 0.05) is 49.2 Å². The zero-order chi connectivity index (χ0) is 24.1. The number of ether oxygens (including phenoxy) is 2. The monoisotopic (exact) mass is 463 g/mol. The van der Waals surface area contributed by atoms with E-state index in [1.807, 2.05) is 31.1 Å². The van der Waals surface area contributed by atoms with E-state index in [0.717, 1.165) is 5.69 Å². The molecule has 0 spiro atoms. The molecule has 3 unspecified atom stereocenters. The first-order chi connectivity index (χ1) is 16.4. The number of ketones is 1. The summed E-state index contributed by atoms with van der Waals surface area (Å²) >= 11 is 0. The zero-order valence-electron chi connectivity index (χ0n) is 19.3. The maximum atomic E-state index is 12.6. The molecule has 1 aliphatic carbocycles. The first kappa shape index (κ1) is 23.5. The SMILES string of the molecule is CN(C)c1ccc(C(=O)Nc2cccc(NC(=O)COC3CCC4C(=O)C=COC4C3)c2)cc1. The van der Waals surface area contributed by atoms with Gasteiger partial charge in [-0.15, -0.1) is 0 Å². The second-order valence-electron chi connectivity index (χ2n) is 8.76. The molecule has 34 heavy (non-hydrogen) atoms. The third-order valence-electron chi connectivity index (χ3n) is 6.09. The number of amides is 2. The van der Waals surface area contributed by atoms with Crippen molar-refractivity contribution in [3.8, 4) is 0 Å². The fraction of sp³-hybridized carbons (Fsp3) is 0.346. The van der Waals surface area contributed by atoms with E-state index in [1.165, 1.54) is 12.3 Å². The number of carbonyl (C=O) groups is 3. The highest BCUT2D eigenvalue weighted by molar-refractivity contribution is 6.05. The molecule has 2 N–H and O–H groups in total. The molecule has 2 aromatic rings. The summed E-state index contributed by atoms with van der Waals surface area (Å²) in [5.41, 5.74) is 2.69. The van der Waals surface area contributed by atoms with Gasteiger partial charge in [-0.3, -0.25) is 14.4 Å². The van der Waals surface area contributed by atoms with Crippen molar-refractivity contribution < 1.29 is 23.9 Å². The number of rotatable bonds is 7. The number of hydrogen-bond donors (Lipinski definition) is 2. The van der Waals surface area contributed by atoms with Gasteiger partial charge in [0.25, 0.3) is 5.91 Å². The van der Waals surface area contributed by atoms with E-state index in [-0.39, 0.29) is 42.3 Å². The minimum atomic E-state index is -0.287. The Morgan fingerprint density at radius 1 is 1.06 bits per heavy atom. The Morgan fingerprint density at radius 2 is 1.79 bits per heavy atom. The largest absolute Gasteiger partial charge is 0.497 e. The fourth-order valence-corrected chi connectivity index (χ4v) is 4.23. The molecule has 1 heterocycles. The van der Waals surface area contributed by atoms with E-state index in [2.05, 4.69) is 10.6 Å². The molecule has 2 aromatic carbocycles. The fourth-order valence-electron chi connectivity index (χ4n) is 4.23. The Morgan fingerprint density at radius 3 is 2.53 bits per heavy atom. The van der Waals surface area contributed by atoms with E-state index in [4.69, 9.17) is 9.47 Å². The molecule has 0 bridgehead atoms. The molecule has 8 heteroatoms. The lowest BCUT2D eigenvalue weighted by Gasteiger charge is -2.35. The Balaban J connectivity index is 1.26. The van der Waals surface area contributed by atoms with Crippen molar-refractivity contribution in [3.05, 3.63) is 66.4 Å². The summed E-state index contributed by atoms with van der Waals surface area (Å²) in [7, 11) is 3.88. The summed E-state index contributed by atoms with van der Waals surface area (Å²) in [6, 6.07) is 14.3. The molecule has 2 amide bonds. The van der Waals surface area contributed by atoms with Gasteiger partial charge >= 0.3 is 0 Å². The molecule has 3 atom stereocenters. The highest BCUT2D eigenvalue weighted by Crippen LogP contribution is 2.32. The number of fused-ring (bicyclic) bond motifs is 1. The molecule has 0 saturated heterocycles. The predicted molar refractivity (Wildman–Crippen MR) is 130 cm³/mol. The van der Waals surface area contributed by atoms with Crippen LogP contribution in [0.2, 0.25) is 0 Å². The molecule has 1 saturated carbocycles. The average molecular weight is 464 g/mol. The number of nitrogens with zero attached hydrogens (tertiary/aromatic N) is 1. The number of nitrogens with one attached hydrogen (secondary N) is 2. The number of benzene rings is 2. The van der Waals surface area contributed by atoms with Crippen molar-refractivity contribution in [2.75, 3.05) is 36.2 Å². The molecule has 178 valence electrons. The summed E-state index contributed by atoms with van der Waals surface area (Å²) in [6.45, 7) is -0.0966. The van der Waals surface area contributed by atoms with Crippen LogP contribution in [0.15, 0.2) is 60.9 Å². The van der Waals surface area contributed by atoms with Crippen LogP contribution in [0.3, 0.4) is 0 Å². The first-order valence-corrected chi connectivity index (χ1v) is 11.3. The van der Waals surface area contributed by atoms with E-state index in [0.29, 0.717) is 36.2 Å². The summed E-state index contributed by atoms with van der Waals surface area (Å²) in [5.74, 6) is -0.524. The van der Waals surface area contributed by atoms with Crippen LogP contribution < -0.4 is 15.5 Å². The van der Waals surface area contributed by atoms with Crippen molar-refractivity contribution in [1.29, 1.82) is 0 Å². The van der Waals surface area contributed by atoms with Gasteiger partial charge in [-0.2, -0.15) is 0 Å². The van der Waals surface area contributed by atoms with Crippen LogP contribution in [0.4, 0.5) is 17.1 Å². The molecular formula is C26H29N3O5. The Hall–Kier alpha value is -3.65. The highest BCUT2D eigenvalue weighted by atomic mass is 16.5. The van der Waals surface area contributed by atoms with Gasteiger partial charge in [-0.05, 0) is 55.3 Å². The van der Waals surface area contributed by atoms with Crippen molar-refractivity contribution in [2.45, 2.75) is 31.5 Å². The zero-order valence-corrected chi connectivity index (χ0v) is 19.3. The summed E-state index contributed by atoms with van der Waals surface area (Å²) in [4.78, 5) is 38.8. The lowest BCUT2D eigenvalue weighted by molar-refractivity contribution is -0.133. The van der Waals surface area contributed by atoms with Crippen LogP contribution in [0.1, 0.15) is 29.6 Å². The van der Waals surface area contributed by atoms with E-state index < -0.39 is 0 Å². The minimum Gasteiger partial charge on any atom is -0.497 e. The van der Waals surface area contributed by atoms with Gasteiger partial charge in [0.15, 0.2) is 5.78 Å². The van der Waals surface area contributed by atoms with Crippen LogP contribution >= 0.6 is 0 Å². The summed E-state index contributed by atoms with van der Waals surface area (Å²) < 4.78 is 11.3. The minimum absolute atomic E-state index is 0.0966. The highest BCUT2D eigenvalue weighted by Gasteiger charge is 2.37. The van der Waals surface area contributed by atoms with Crippen LogP contribution in [-0.2, 0) is 19.1 Å². The second-order valence-corrected chi connectivity index (χ2v) is 8.76. The molecular weight excluding hydrogens is 434 g/mol. The number of anilines is 3. The standard InChI is InChI=1S/C26H29N3O5/c1-29(2)20-8-6-17(7-9-20)26(32)28-19-5-3-4-18(14-19)27-25(31)16-34-21-10-11-22-23(30)12-13-33-24(22)15-21/h3-9,12-14,21-22,24H,10-11,15-16H2,1-2H3,(H,27,31)(H,28,32). The van der Waals surface area contributed by atoms with Crippen LogP contribution in [0, 0.1) is 5.92 Å².